The van der Waals surface area contributed by atoms with Crippen LogP contribution in [0.3, 0.4) is 0 Å². The molecule has 1 heteroatoms. The van der Waals surface area contributed by atoms with E-state index in [9.17, 15) is 0 Å². The van der Waals surface area contributed by atoms with Crippen LogP contribution in [0.2, 0.25) is 0 Å². The highest BCUT2D eigenvalue weighted by Crippen LogP contribution is 2.22. The number of hydrogen-bond acceptors (Lipinski definition) is 1. The second-order valence-corrected chi connectivity index (χ2v) is 6.51. The lowest BCUT2D eigenvalue weighted by molar-refractivity contribution is 0.459. The zero-order valence-electron chi connectivity index (χ0n) is 14.7. The molecule has 0 aliphatic carbocycles. The van der Waals surface area contributed by atoms with Crippen LogP contribution in [0.15, 0.2) is 60.7 Å². The second-order valence-electron chi connectivity index (χ2n) is 6.51. The Kier molecular flexibility index (Phi) is 7.89. The molecular weight excluding hydrogens is 278 g/mol. The number of unbranched alkanes of at least 4 members (excludes halogenated alkanes) is 2. The number of hydrogen-bond donors (Lipinski definition) is 1. The lowest BCUT2D eigenvalue weighted by Gasteiger charge is -2.21. The van der Waals surface area contributed by atoms with Crippen LogP contribution in [-0.4, -0.2) is 6.54 Å². The highest BCUT2D eigenvalue weighted by atomic mass is 14.9. The Morgan fingerprint density at radius 3 is 2.00 bits per heavy atom. The van der Waals surface area contributed by atoms with Gasteiger partial charge in [-0.3, -0.25) is 0 Å². The first kappa shape index (κ1) is 17.7. The SMILES string of the molecule is CCCCCC(NCCC(C)c1ccccc1)c1ccccc1. The minimum Gasteiger partial charge on any atom is -0.310 e. The maximum Gasteiger partial charge on any atom is 0.0320 e. The van der Waals surface area contributed by atoms with Gasteiger partial charge in [0.25, 0.3) is 0 Å². The molecule has 0 saturated heterocycles. The van der Waals surface area contributed by atoms with Crippen molar-refractivity contribution < 1.29 is 0 Å². The number of rotatable bonds is 10. The molecule has 124 valence electrons. The van der Waals surface area contributed by atoms with Crippen molar-refractivity contribution in [3.8, 4) is 0 Å². The fraction of sp³-hybridized carbons (Fsp3) is 0.455. The zero-order chi connectivity index (χ0) is 16.3. The minimum absolute atomic E-state index is 0.491. The molecule has 23 heavy (non-hydrogen) atoms. The Morgan fingerprint density at radius 2 is 1.39 bits per heavy atom. The molecule has 0 saturated carbocycles. The summed E-state index contributed by atoms with van der Waals surface area (Å²) in [5.74, 6) is 0.607. The fourth-order valence-corrected chi connectivity index (χ4v) is 3.09. The predicted molar refractivity (Wildman–Crippen MR) is 101 cm³/mol. The van der Waals surface area contributed by atoms with E-state index in [0.29, 0.717) is 12.0 Å². The van der Waals surface area contributed by atoms with Gasteiger partial charge in [0.15, 0.2) is 0 Å². The Balaban J connectivity index is 1.85. The molecule has 0 bridgehead atoms. The summed E-state index contributed by atoms with van der Waals surface area (Å²) in [6.45, 7) is 5.67. The van der Waals surface area contributed by atoms with Gasteiger partial charge in [0.1, 0.15) is 0 Å². The standard InChI is InChI=1S/C22H31N/c1-3-4-7-16-22(21-14-10-6-11-15-21)23-18-17-19(2)20-12-8-5-9-13-20/h5-6,8-15,19,22-23H,3-4,7,16-18H2,1-2H3. The van der Waals surface area contributed by atoms with E-state index in [1.165, 1.54) is 43.2 Å². The van der Waals surface area contributed by atoms with Gasteiger partial charge >= 0.3 is 0 Å². The van der Waals surface area contributed by atoms with E-state index in [2.05, 4.69) is 79.8 Å². The third-order valence-electron chi connectivity index (χ3n) is 4.63. The molecule has 0 heterocycles. The van der Waals surface area contributed by atoms with Gasteiger partial charge in [-0.1, -0.05) is 93.8 Å². The molecule has 1 nitrogen and oxygen atoms in total. The summed E-state index contributed by atoms with van der Waals surface area (Å²) in [4.78, 5) is 0. The largest absolute Gasteiger partial charge is 0.310 e. The van der Waals surface area contributed by atoms with E-state index in [1.807, 2.05) is 0 Å². The summed E-state index contributed by atoms with van der Waals surface area (Å²) in [5.41, 5.74) is 2.87. The molecule has 2 atom stereocenters. The van der Waals surface area contributed by atoms with Gasteiger partial charge in [0.2, 0.25) is 0 Å². The second kappa shape index (κ2) is 10.2. The van der Waals surface area contributed by atoms with Crippen molar-refractivity contribution in [1.29, 1.82) is 0 Å². The van der Waals surface area contributed by atoms with Crippen LogP contribution in [0.5, 0.6) is 0 Å². The van der Waals surface area contributed by atoms with Crippen molar-refractivity contribution in [3.63, 3.8) is 0 Å². The van der Waals surface area contributed by atoms with Crippen molar-refractivity contribution >= 4 is 0 Å². The van der Waals surface area contributed by atoms with Crippen molar-refractivity contribution in [3.05, 3.63) is 71.8 Å². The molecule has 0 fully saturated rings. The zero-order valence-corrected chi connectivity index (χ0v) is 14.7. The first-order chi connectivity index (χ1) is 11.3. The Labute approximate surface area is 142 Å². The molecule has 2 aromatic rings. The molecular formula is C22H31N. The van der Waals surface area contributed by atoms with E-state index in [4.69, 9.17) is 0 Å². The fourth-order valence-electron chi connectivity index (χ4n) is 3.09. The van der Waals surface area contributed by atoms with Crippen LogP contribution in [0, 0.1) is 0 Å². The average Bonchev–Trinajstić information content (AvgIpc) is 2.62. The molecule has 0 aliphatic heterocycles. The van der Waals surface area contributed by atoms with Gasteiger partial charge in [-0.2, -0.15) is 0 Å². The van der Waals surface area contributed by atoms with Crippen LogP contribution in [0.4, 0.5) is 0 Å². The third kappa shape index (κ3) is 6.19. The molecule has 0 aromatic heterocycles. The van der Waals surface area contributed by atoms with Crippen LogP contribution in [0.1, 0.15) is 69.0 Å². The van der Waals surface area contributed by atoms with Gasteiger partial charge in [0, 0.05) is 6.04 Å². The van der Waals surface area contributed by atoms with Gasteiger partial charge in [-0.05, 0) is 36.4 Å². The predicted octanol–water partition coefficient (Wildman–Crippen LogP) is 6.09. The van der Waals surface area contributed by atoms with Crippen molar-refractivity contribution in [2.45, 2.75) is 57.9 Å². The Bertz CT molecular complexity index is 520. The quantitative estimate of drug-likeness (QED) is 0.523. The third-order valence-corrected chi connectivity index (χ3v) is 4.63. The van der Waals surface area contributed by atoms with E-state index < -0.39 is 0 Å². The summed E-state index contributed by atoms with van der Waals surface area (Å²) >= 11 is 0. The van der Waals surface area contributed by atoms with E-state index in [0.717, 1.165) is 6.54 Å². The molecule has 0 amide bonds. The lowest BCUT2D eigenvalue weighted by Crippen LogP contribution is -2.23. The van der Waals surface area contributed by atoms with Gasteiger partial charge in [0.05, 0.1) is 0 Å². The minimum atomic E-state index is 0.491. The van der Waals surface area contributed by atoms with Gasteiger partial charge < -0.3 is 5.32 Å². The molecule has 2 rings (SSSR count). The maximum absolute atomic E-state index is 3.80. The summed E-state index contributed by atoms with van der Waals surface area (Å²) in [5, 5.41) is 3.80. The summed E-state index contributed by atoms with van der Waals surface area (Å²) in [6.07, 6.45) is 6.33. The van der Waals surface area contributed by atoms with Crippen molar-refractivity contribution in [1.82, 2.24) is 5.32 Å². The normalized spacial score (nSPS) is 13.7. The van der Waals surface area contributed by atoms with Crippen molar-refractivity contribution in [2.75, 3.05) is 6.54 Å². The summed E-state index contributed by atoms with van der Waals surface area (Å²) in [7, 11) is 0. The molecule has 2 aromatic carbocycles. The van der Waals surface area contributed by atoms with E-state index in [1.54, 1.807) is 0 Å². The molecule has 0 aliphatic rings. The van der Waals surface area contributed by atoms with E-state index >= 15 is 0 Å². The van der Waals surface area contributed by atoms with E-state index in [-0.39, 0.29) is 0 Å². The summed E-state index contributed by atoms with van der Waals surface area (Å²) in [6, 6.07) is 22.2. The smallest absolute Gasteiger partial charge is 0.0320 e. The number of benzene rings is 2. The molecule has 0 radical (unpaired) electrons. The van der Waals surface area contributed by atoms with Gasteiger partial charge in [-0.15, -0.1) is 0 Å². The van der Waals surface area contributed by atoms with Crippen LogP contribution >= 0.6 is 0 Å². The highest BCUT2D eigenvalue weighted by Gasteiger charge is 2.11. The molecule has 1 N–H and O–H groups in total. The van der Waals surface area contributed by atoms with Crippen LogP contribution in [-0.2, 0) is 0 Å². The van der Waals surface area contributed by atoms with Crippen LogP contribution in [0.25, 0.3) is 0 Å². The number of nitrogens with one attached hydrogen (secondary N) is 1. The Hall–Kier alpha value is -1.60. The first-order valence-corrected chi connectivity index (χ1v) is 9.14. The monoisotopic (exact) mass is 309 g/mol. The highest BCUT2D eigenvalue weighted by molar-refractivity contribution is 5.20. The lowest BCUT2D eigenvalue weighted by atomic mass is 9.96. The Morgan fingerprint density at radius 1 is 0.783 bits per heavy atom. The summed E-state index contributed by atoms with van der Waals surface area (Å²) < 4.78 is 0. The average molecular weight is 309 g/mol. The topological polar surface area (TPSA) is 12.0 Å². The molecule has 2 unspecified atom stereocenters. The van der Waals surface area contributed by atoms with Gasteiger partial charge in [-0.25, -0.2) is 0 Å². The van der Waals surface area contributed by atoms with Crippen LogP contribution < -0.4 is 5.32 Å². The maximum atomic E-state index is 3.80. The first-order valence-electron chi connectivity index (χ1n) is 9.14. The molecule has 0 spiro atoms. The van der Waals surface area contributed by atoms with Crippen molar-refractivity contribution in [2.24, 2.45) is 0 Å².